The van der Waals surface area contributed by atoms with E-state index in [-0.39, 0.29) is 12.5 Å². The molecule has 0 radical (unpaired) electrons. The number of anilines is 1. The molecule has 5 heteroatoms. The molecule has 1 aliphatic rings. The fraction of sp³-hybridized carbons (Fsp3) is 0.182. The Morgan fingerprint density at radius 3 is 2.59 bits per heavy atom. The first-order valence-electron chi connectivity index (χ1n) is 8.96. The molecule has 2 aromatic carbocycles. The Kier molecular flexibility index (Phi) is 6.05. The second-order valence-electron chi connectivity index (χ2n) is 6.07. The van der Waals surface area contributed by atoms with Crippen molar-refractivity contribution in [2.45, 2.75) is 19.8 Å². The number of benzene rings is 2. The second-order valence-corrected chi connectivity index (χ2v) is 6.07. The molecule has 0 aromatic heterocycles. The minimum Gasteiger partial charge on any atom is -0.462 e. The van der Waals surface area contributed by atoms with Crippen LogP contribution < -0.4 is 10.6 Å². The second kappa shape index (κ2) is 8.85. The highest BCUT2D eigenvalue weighted by atomic mass is 16.5. The Hall–Kier alpha value is -3.34. The Balaban J connectivity index is 1.80. The number of esters is 1. The van der Waals surface area contributed by atoms with E-state index in [1.165, 1.54) is 11.8 Å². The zero-order valence-corrected chi connectivity index (χ0v) is 15.2. The van der Waals surface area contributed by atoms with E-state index in [1.807, 2.05) is 24.3 Å². The van der Waals surface area contributed by atoms with E-state index in [4.69, 9.17) is 4.74 Å². The molecule has 1 aliphatic heterocycles. The molecule has 0 fully saturated rings. The minimum atomic E-state index is -0.412. The fourth-order valence-corrected chi connectivity index (χ4v) is 2.92. The van der Waals surface area contributed by atoms with E-state index >= 15 is 0 Å². The van der Waals surface area contributed by atoms with Crippen LogP contribution in [0.15, 0.2) is 78.1 Å². The highest BCUT2D eigenvalue weighted by molar-refractivity contribution is 5.96. The SMILES string of the molecule is CCOC(=O)C(/C=C/NC(=O)c1ccccc1)=C1\CCc2ccccc2N1. The van der Waals surface area contributed by atoms with Gasteiger partial charge in [0, 0.05) is 23.1 Å². The summed E-state index contributed by atoms with van der Waals surface area (Å²) in [6.45, 7) is 2.06. The third kappa shape index (κ3) is 4.64. The lowest BCUT2D eigenvalue weighted by Crippen LogP contribution is -2.19. The predicted molar refractivity (Wildman–Crippen MR) is 105 cm³/mol. The minimum absolute atomic E-state index is 0.234. The van der Waals surface area contributed by atoms with Gasteiger partial charge in [-0.3, -0.25) is 4.79 Å². The van der Waals surface area contributed by atoms with Gasteiger partial charge in [0.25, 0.3) is 5.91 Å². The van der Waals surface area contributed by atoms with Gasteiger partial charge in [-0.2, -0.15) is 0 Å². The van der Waals surface area contributed by atoms with Crippen LogP contribution in [-0.4, -0.2) is 18.5 Å². The molecular formula is C22H22N2O3. The number of carbonyl (C=O) groups excluding carboxylic acids is 2. The number of allylic oxidation sites excluding steroid dienone is 1. The summed E-state index contributed by atoms with van der Waals surface area (Å²) in [5.41, 5.74) is 3.96. The first-order valence-corrected chi connectivity index (χ1v) is 8.96. The largest absolute Gasteiger partial charge is 0.462 e. The first-order chi connectivity index (χ1) is 13.2. The van der Waals surface area contributed by atoms with Gasteiger partial charge >= 0.3 is 5.97 Å². The Morgan fingerprint density at radius 2 is 1.81 bits per heavy atom. The molecule has 0 spiro atoms. The third-order valence-corrected chi connectivity index (χ3v) is 4.27. The molecule has 0 saturated heterocycles. The summed E-state index contributed by atoms with van der Waals surface area (Å²) in [6.07, 6.45) is 4.61. The number of ether oxygens (including phenoxy) is 1. The monoisotopic (exact) mass is 362 g/mol. The van der Waals surface area contributed by atoms with Crippen molar-refractivity contribution in [1.29, 1.82) is 0 Å². The van der Waals surface area contributed by atoms with Crippen molar-refractivity contribution < 1.29 is 14.3 Å². The van der Waals surface area contributed by atoms with Crippen LogP contribution in [-0.2, 0) is 16.0 Å². The maximum Gasteiger partial charge on any atom is 0.339 e. The Labute approximate surface area is 158 Å². The molecule has 0 unspecified atom stereocenters. The average Bonchev–Trinajstić information content (AvgIpc) is 2.71. The maximum absolute atomic E-state index is 12.4. The van der Waals surface area contributed by atoms with E-state index in [1.54, 1.807) is 37.3 Å². The van der Waals surface area contributed by atoms with Crippen LogP contribution in [0.4, 0.5) is 5.69 Å². The highest BCUT2D eigenvalue weighted by Crippen LogP contribution is 2.28. The van der Waals surface area contributed by atoms with Gasteiger partial charge in [0.15, 0.2) is 0 Å². The number of aryl methyl sites for hydroxylation is 1. The smallest absolute Gasteiger partial charge is 0.339 e. The topological polar surface area (TPSA) is 67.4 Å². The number of rotatable bonds is 5. The lowest BCUT2D eigenvalue weighted by atomic mass is 9.98. The number of amides is 1. The lowest BCUT2D eigenvalue weighted by Gasteiger charge is -2.22. The fourth-order valence-electron chi connectivity index (χ4n) is 2.92. The van der Waals surface area contributed by atoms with Gasteiger partial charge in [0.2, 0.25) is 0 Å². The van der Waals surface area contributed by atoms with Crippen molar-refractivity contribution >= 4 is 17.6 Å². The van der Waals surface area contributed by atoms with E-state index < -0.39 is 5.97 Å². The van der Waals surface area contributed by atoms with Crippen molar-refractivity contribution in [1.82, 2.24) is 5.32 Å². The van der Waals surface area contributed by atoms with Crippen molar-refractivity contribution in [2.24, 2.45) is 0 Å². The molecule has 3 rings (SSSR count). The quantitative estimate of drug-likeness (QED) is 0.627. The molecule has 0 atom stereocenters. The number of fused-ring (bicyclic) bond motifs is 1. The number of nitrogens with one attached hydrogen (secondary N) is 2. The van der Waals surface area contributed by atoms with Crippen molar-refractivity contribution in [3.63, 3.8) is 0 Å². The number of hydrogen-bond acceptors (Lipinski definition) is 4. The van der Waals surface area contributed by atoms with Crippen molar-refractivity contribution in [2.75, 3.05) is 11.9 Å². The summed E-state index contributed by atoms with van der Waals surface area (Å²) in [5.74, 6) is -0.647. The summed E-state index contributed by atoms with van der Waals surface area (Å²) >= 11 is 0. The van der Waals surface area contributed by atoms with Crippen LogP contribution in [0, 0.1) is 0 Å². The molecule has 1 heterocycles. The van der Waals surface area contributed by atoms with Gasteiger partial charge in [-0.25, -0.2) is 4.79 Å². The third-order valence-electron chi connectivity index (χ3n) is 4.27. The maximum atomic E-state index is 12.4. The Bertz CT molecular complexity index is 885. The highest BCUT2D eigenvalue weighted by Gasteiger charge is 2.19. The van der Waals surface area contributed by atoms with E-state index in [2.05, 4.69) is 16.7 Å². The summed E-state index contributed by atoms with van der Waals surface area (Å²) in [7, 11) is 0. The zero-order chi connectivity index (χ0) is 19.1. The summed E-state index contributed by atoms with van der Waals surface area (Å²) in [5, 5.41) is 6.02. The zero-order valence-electron chi connectivity index (χ0n) is 15.2. The molecule has 138 valence electrons. The van der Waals surface area contributed by atoms with Crippen LogP contribution in [0.2, 0.25) is 0 Å². The molecular weight excluding hydrogens is 340 g/mol. The normalized spacial score (nSPS) is 14.9. The van der Waals surface area contributed by atoms with Crippen LogP contribution in [0.1, 0.15) is 29.3 Å². The molecule has 5 nitrogen and oxygen atoms in total. The summed E-state index contributed by atoms with van der Waals surface area (Å²) in [6, 6.07) is 16.9. The number of carbonyl (C=O) groups is 2. The molecule has 2 N–H and O–H groups in total. The van der Waals surface area contributed by atoms with Crippen LogP contribution in [0.25, 0.3) is 0 Å². The molecule has 0 aliphatic carbocycles. The van der Waals surface area contributed by atoms with Crippen LogP contribution >= 0.6 is 0 Å². The van der Waals surface area contributed by atoms with Crippen LogP contribution in [0.5, 0.6) is 0 Å². The molecule has 0 bridgehead atoms. The van der Waals surface area contributed by atoms with Gasteiger partial charge in [0.05, 0.1) is 12.2 Å². The van der Waals surface area contributed by atoms with Gasteiger partial charge in [-0.15, -0.1) is 0 Å². The van der Waals surface area contributed by atoms with Crippen LogP contribution in [0.3, 0.4) is 0 Å². The van der Waals surface area contributed by atoms with Gasteiger partial charge in [-0.1, -0.05) is 36.4 Å². The molecule has 0 saturated carbocycles. The molecule has 1 amide bonds. The number of para-hydroxylation sites is 1. The molecule has 27 heavy (non-hydrogen) atoms. The summed E-state index contributed by atoms with van der Waals surface area (Å²) < 4.78 is 5.19. The van der Waals surface area contributed by atoms with Gasteiger partial charge in [-0.05, 0) is 49.6 Å². The van der Waals surface area contributed by atoms with E-state index in [0.717, 1.165) is 17.8 Å². The predicted octanol–water partition coefficient (Wildman–Crippen LogP) is 3.81. The lowest BCUT2D eigenvalue weighted by molar-refractivity contribution is -0.138. The molecule has 2 aromatic rings. The van der Waals surface area contributed by atoms with E-state index in [0.29, 0.717) is 17.6 Å². The van der Waals surface area contributed by atoms with E-state index in [9.17, 15) is 9.59 Å². The van der Waals surface area contributed by atoms with Gasteiger partial charge < -0.3 is 15.4 Å². The average molecular weight is 362 g/mol. The summed E-state index contributed by atoms with van der Waals surface area (Å²) in [4.78, 5) is 24.6. The Morgan fingerprint density at radius 1 is 1.07 bits per heavy atom. The first kappa shape index (κ1) is 18.5. The van der Waals surface area contributed by atoms with Gasteiger partial charge in [0.1, 0.15) is 0 Å². The van der Waals surface area contributed by atoms with Crippen molar-refractivity contribution in [3.8, 4) is 0 Å². The van der Waals surface area contributed by atoms with Crippen molar-refractivity contribution in [3.05, 3.63) is 89.3 Å². The standard InChI is InChI=1S/C22H22N2O3/c1-2-27-22(26)18(14-15-23-21(25)17-9-4-3-5-10-17)20-13-12-16-8-6-7-11-19(16)24-20/h3-11,14-15,24H,2,12-13H2,1H3,(H,23,25)/b15-14+,20-18+. The number of hydrogen-bond donors (Lipinski definition) is 2.